The predicted molar refractivity (Wildman–Crippen MR) is 67.1 cm³/mol. The van der Waals surface area contributed by atoms with Crippen LogP contribution in [0.2, 0.25) is 0 Å². The minimum atomic E-state index is -0.457. The molecule has 17 heavy (non-hydrogen) atoms. The van der Waals surface area contributed by atoms with Gasteiger partial charge in [-0.25, -0.2) is 4.85 Å². The van der Waals surface area contributed by atoms with Crippen molar-refractivity contribution >= 4 is 27.7 Å². The van der Waals surface area contributed by atoms with Crippen molar-refractivity contribution in [3.8, 4) is 11.1 Å². The van der Waals surface area contributed by atoms with Gasteiger partial charge >= 0.3 is 0 Å². The highest BCUT2D eigenvalue weighted by atomic mass is 32.1. The van der Waals surface area contributed by atoms with Crippen molar-refractivity contribution < 1.29 is 4.92 Å². The van der Waals surface area contributed by atoms with Gasteiger partial charge in [-0.1, -0.05) is 0 Å². The number of benzene rings is 1. The Morgan fingerprint density at radius 2 is 2.00 bits per heavy atom. The van der Waals surface area contributed by atoms with E-state index in [2.05, 4.69) is 4.85 Å². The fraction of sp³-hybridized carbons (Fsp3) is 0. The van der Waals surface area contributed by atoms with Gasteiger partial charge in [0.15, 0.2) is 0 Å². The molecule has 0 aliphatic carbocycles. The third kappa shape index (κ3) is 1.96. The van der Waals surface area contributed by atoms with Crippen LogP contribution in [-0.4, -0.2) is 4.92 Å². The maximum atomic E-state index is 10.5. The molecule has 0 spiro atoms. The van der Waals surface area contributed by atoms with Gasteiger partial charge in [0, 0.05) is 17.7 Å². The van der Waals surface area contributed by atoms with Crippen LogP contribution in [0.15, 0.2) is 29.6 Å². The van der Waals surface area contributed by atoms with Crippen LogP contribution in [0.4, 0.5) is 16.4 Å². The molecule has 2 rings (SSSR count). The lowest BCUT2D eigenvalue weighted by atomic mass is 10.1. The Balaban J connectivity index is 2.47. The Labute approximate surface area is 101 Å². The molecule has 84 valence electrons. The number of nitrogens with zero attached hydrogens (tertiary/aromatic N) is 2. The van der Waals surface area contributed by atoms with E-state index in [9.17, 15) is 10.1 Å². The summed E-state index contributed by atoms with van der Waals surface area (Å²) in [5.41, 5.74) is 7.58. The van der Waals surface area contributed by atoms with E-state index in [4.69, 9.17) is 12.3 Å². The molecule has 0 atom stereocenters. The first-order valence-electron chi connectivity index (χ1n) is 4.62. The zero-order valence-corrected chi connectivity index (χ0v) is 9.40. The van der Waals surface area contributed by atoms with Gasteiger partial charge in [-0.3, -0.25) is 10.1 Å². The summed E-state index contributed by atoms with van der Waals surface area (Å²) in [4.78, 5) is 13.4. The molecule has 0 amide bonds. The maximum absolute atomic E-state index is 10.5. The van der Waals surface area contributed by atoms with Crippen molar-refractivity contribution in [2.75, 3.05) is 5.73 Å². The average molecular weight is 245 g/mol. The first kappa shape index (κ1) is 11.1. The number of nitrogen functional groups attached to an aromatic ring is 1. The Morgan fingerprint density at radius 1 is 1.35 bits per heavy atom. The average Bonchev–Trinajstić information content (AvgIpc) is 2.70. The van der Waals surface area contributed by atoms with Crippen molar-refractivity contribution in [3.63, 3.8) is 0 Å². The van der Waals surface area contributed by atoms with Crippen LogP contribution in [0.5, 0.6) is 0 Å². The lowest BCUT2D eigenvalue weighted by Crippen LogP contribution is -1.86. The van der Waals surface area contributed by atoms with Crippen LogP contribution in [-0.2, 0) is 0 Å². The van der Waals surface area contributed by atoms with Crippen LogP contribution in [0.1, 0.15) is 0 Å². The number of hydrogen-bond donors (Lipinski definition) is 1. The summed E-state index contributed by atoms with van der Waals surface area (Å²) >= 11 is 1.29. The number of nitro benzene ring substituents is 1. The van der Waals surface area contributed by atoms with Gasteiger partial charge in [0.25, 0.3) is 5.69 Å². The summed E-state index contributed by atoms with van der Waals surface area (Å²) in [5.74, 6) is 0. The second kappa shape index (κ2) is 4.23. The molecule has 2 N–H and O–H groups in total. The number of anilines is 1. The van der Waals surface area contributed by atoms with E-state index in [0.29, 0.717) is 10.7 Å². The van der Waals surface area contributed by atoms with Crippen LogP contribution in [0.3, 0.4) is 0 Å². The fourth-order valence-electron chi connectivity index (χ4n) is 1.45. The zero-order valence-electron chi connectivity index (χ0n) is 8.58. The molecule has 0 unspecified atom stereocenters. The van der Waals surface area contributed by atoms with Crippen LogP contribution in [0, 0.1) is 16.7 Å². The monoisotopic (exact) mass is 245 g/mol. The Bertz CT molecular complexity index is 611. The van der Waals surface area contributed by atoms with Crippen molar-refractivity contribution in [2.45, 2.75) is 0 Å². The summed E-state index contributed by atoms with van der Waals surface area (Å²) in [5, 5.41) is 12.8. The molecule has 1 aromatic heterocycles. The van der Waals surface area contributed by atoms with Crippen molar-refractivity contribution in [3.05, 3.63) is 51.2 Å². The SMILES string of the molecule is [C-]#[N+]c1c(-c2ccc([N+](=O)[O-])cc2)csc1N. The normalized spacial score (nSPS) is 9.82. The fourth-order valence-corrected chi connectivity index (χ4v) is 2.21. The van der Waals surface area contributed by atoms with Gasteiger partial charge < -0.3 is 5.73 Å². The van der Waals surface area contributed by atoms with E-state index in [1.54, 1.807) is 17.5 Å². The van der Waals surface area contributed by atoms with Crippen LogP contribution >= 0.6 is 11.3 Å². The molecule has 1 heterocycles. The summed E-state index contributed by atoms with van der Waals surface area (Å²) in [6.45, 7) is 7.05. The van der Waals surface area contributed by atoms with E-state index in [-0.39, 0.29) is 5.69 Å². The summed E-state index contributed by atoms with van der Waals surface area (Å²) < 4.78 is 0. The predicted octanol–water partition coefficient (Wildman–Crippen LogP) is 3.46. The maximum Gasteiger partial charge on any atom is 0.269 e. The number of non-ortho nitro benzene ring substituents is 1. The number of thiophene rings is 1. The molecular formula is C11H7N3O2S. The molecule has 6 heteroatoms. The second-order valence-corrected chi connectivity index (χ2v) is 4.19. The highest BCUT2D eigenvalue weighted by Gasteiger charge is 2.12. The van der Waals surface area contributed by atoms with Crippen molar-refractivity contribution in [1.29, 1.82) is 0 Å². The topological polar surface area (TPSA) is 73.5 Å². The largest absolute Gasteiger partial charge is 0.399 e. The Kier molecular flexibility index (Phi) is 2.77. The quantitative estimate of drug-likeness (QED) is 0.500. The summed E-state index contributed by atoms with van der Waals surface area (Å²) in [6.07, 6.45) is 0. The Morgan fingerprint density at radius 3 is 2.53 bits per heavy atom. The molecule has 2 aromatic rings. The molecule has 0 radical (unpaired) electrons. The van der Waals surface area contributed by atoms with Crippen molar-refractivity contribution in [1.82, 2.24) is 0 Å². The van der Waals surface area contributed by atoms with Crippen LogP contribution in [0.25, 0.3) is 16.0 Å². The standard InChI is InChI=1S/C11H7N3O2S/c1-13-10-9(6-17-11(10)12)7-2-4-8(5-3-7)14(15)16/h2-6H,12H2. The number of nitro groups is 1. The van der Waals surface area contributed by atoms with E-state index < -0.39 is 4.92 Å². The van der Waals surface area contributed by atoms with Gasteiger partial charge in [0.05, 0.1) is 16.5 Å². The van der Waals surface area contributed by atoms with Crippen LogP contribution < -0.4 is 5.73 Å². The molecule has 0 bridgehead atoms. The molecule has 0 aliphatic rings. The van der Waals surface area contributed by atoms with Gasteiger partial charge in [-0.2, -0.15) is 0 Å². The highest BCUT2D eigenvalue weighted by Crippen LogP contribution is 2.40. The first-order chi connectivity index (χ1) is 8.13. The lowest BCUT2D eigenvalue weighted by molar-refractivity contribution is -0.384. The van der Waals surface area contributed by atoms with Gasteiger partial charge in [-0.05, 0) is 23.1 Å². The molecule has 0 saturated heterocycles. The van der Waals surface area contributed by atoms with E-state index >= 15 is 0 Å². The van der Waals surface area contributed by atoms with E-state index in [1.807, 2.05) is 0 Å². The Hall–Kier alpha value is -2.39. The first-order valence-corrected chi connectivity index (χ1v) is 5.50. The third-order valence-corrected chi connectivity index (χ3v) is 3.09. The lowest BCUT2D eigenvalue weighted by Gasteiger charge is -1.99. The number of hydrogen-bond acceptors (Lipinski definition) is 4. The summed E-state index contributed by atoms with van der Waals surface area (Å²) in [6, 6.07) is 6.07. The molecule has 5 nitrogen and oxygen atoms in total. The van der Waals surface area contributed by atoms with Gasteiger partial charge in [-0.15, -0.1) is 11.3 Å². The van der Waals surface area contributed by atoms with E-state index in [1.165, 1.54) is 23.5 Å². The zero-order chi connectivity index (χ0) is 12.4. The molecule has 1 aromatic carbocycles. The van der Waals surface area contributed by atoms with Crippen molar-refractivity contribution in [2.24, 2.45) is 0 Å². The molecule has 0 saturated carbocycles. The molecule has 0 fully saturated rings. The minimum Gasteiger partial charge on any atom is -0.399 e. The van der Waals surface area contributed by atoms with Gasteiger partial charge in [0.1, 0.15) is 0 Å². The summed E-state index contributed by atoms with van der Waals surface area (Å²) in [7, 11) is 0. The second-order valence-electron chi connectivity index (χ2n) is 3.28. The third-order valence-electron chi connectivity index (χ3n) is 2.29. The minimum absolute atomic E-state index is 0.0290. The molecular weight excluding hydrogens is 238 g/mol. The highest BCUT2D eigenvalue weighted by molar-refractivity contribution is 7.15. The molecule has 0 aliphatic heterocycles. The smallest absolute Gasteiger partial charge is 0.269 e. The number of nitrogens with two attached hydrogens (primary N) is 1. The van der Waals surface area contributed by atoms with Gasteiger partial charge in [0.2, 0.25) is 5.69 Å². The number of rotatable bonds is 2. The van der Waals surface area contributed by atoms with E-state index in [0.717, 1.165) is 11.1 Å².